The van der Waals surface area contributed by atoms with Gasteiger partial charge in [0.05, 0.1) is 11.8 Å². The van der Waals surface area contributed by atoms with Crippen LogP contribution in [0.15, 0.2) is 48.5 Å². The van der Waals surface area contributed by atoms with Crippen molar-refractivity contribution < 1.29 is 26.4 Å². The van der Waals surface area contributed by atoms with Gasteiger partial charge in [0.2, 0.25) is 10.0 Å². The number of halogens is 4. The topological polar surface area (TPSA) is 64.2 Å². The maximum atomic E-state index is 13.4. The number of rotatable bonds is 5. The Kier molecular flexibility index (Phi) is 8.08. The summed E-state index contributed by atoms with van der Waals surface area (Å²) in [6, 6.07) is 12.4. The van der Waals surface area contributed by atoms with Crippen molar-refractivity contribution in [2.45, 2.75) is 24.7 Å². The van der Waals surface area contributed by atoms with Gasteiger partial charge in [-0.15, -0.1) is 0 Å². The molecule has 0 bridgehead atoms. The molecular formula is C25H30ClF3N4O3S. The van der Waals surface area contributed by atoms with Crippen molar-refractivity contribution in [2.75, 3.05) is 52.6 Å². The molecule has 7 nitrogen and oxygen atoms in total. The summed E-state index contributed by atoms with van der Waals surface area (Å²) in [7, 11) is -1.39. The molecule has 2 aliphatic heterocycles. The summed E-state index contributed by atoms with van der Waals surface area (Å²) in [5.74, 6) is -0.0297. The van der Waals surface area contributed by atoms with Crippen LogP contribution >= 0.6 is 11.6 Å². The Morgan fingerprint density at radius 1 is 0.973 bits per heavy atom. The number of hydrogen-bond acceptors (Lipinski definition) is 4. The number of piperazine rings is 1. The number of amides is 2. The molecule has 37 heavy (non-hydrogen) atoms. The van der Waals surface area contributed by atoms with E-state index in [2.05, 4.69) is 4.90 Å². The molecule has 2 saturated heterocycles. The number of hydrogen-bond donors (Lipinski definition) is 0. The Balaban J connectivity index is 1.49. The van der Waals surface area contributed by atoms with Crippen molar-refractivity contribution in [2.24, 2.45) is 0 Å². The minimum absolute atomic E-state index is 0.0297. The first kappa shape index (κ1) is 27.7. The van der Waals surface area contributed by atoms with Crippen molar-refractivity contribution in [3.05, 3.63) is 70.2 Å². The fourth-order valence-electron chi connectivity index (χ4n) is 5.04. The number of likely N-dealkylation sites (N-methyl/N-ethyl adjacent to an activating group) is 1. The van der Waals surface area contributed by atoms with Crippen molar-refractivity contribution in [3.63, 3.8) is 0 Å². The normalized spacial score (nSPS) is 21.6. The van der Waals surface area contributed by atoms with Crippen LogP contribution in [0.1, 0.15) is 22.6 Å². The average molecular weight is 559 g/mol. The molecule has 0 N–H and O–H groups in total. The van der Waals surface area contributed by atoms with Crippen molar-refractivity contribution in [3.8, 4) is 0 Å². The first-order chi connectivity index (χ1) is 17.3. The quantitative estimate of drug-likeness (QED) is 0.557. The van der Waals surface area contributed by atoms with Crippen LogP contribution in [0.4, 0.5) is 18.0 Å². The van der Waals surface area contributed by atoms with E-state index in [0.717, 1.165) is 23.3 Å². The Bertz CT molecular complexity index is 1200. The van der Waals surface area contributed by atoms with Gasteiger partial charge < -0.3 is 9.80 Å². The van der Waals surface area contributed by atoms with Crippen LogP contribution in [0.5, 0.6) is 0 Å². The van der Waals surface area contributed by atoms with Crippen molar-refractivity contribution in [1.29, 1.82) is 0 Å². The summed E-state index contributed by atoms with van der Waals surface area (Å²) in [4.78, 5) is 18.9. The number of urea groups is 1. The SMILES string of the molecule is CN(Cc1ccc(C(F)(F)F)cc1)[C@@H]1CN(C(=O)N2CCN(S(C)(=O)=O)CC2)C[C@@H]1c1ccc(Cl)cc1. The molecule has 2 fully saturated rings. The third-order valence-electron chi connectivity index (χ3n) is 7.12. The minimum atomic E-state index is -4.39. The number of sulfonamides is 1. The lowest BCUT2D eigenvalue weighted by Gasteiger charge is -2.35. The van der Waals surface area contributed by atoms with E-state index >= 15 is 0 Å². The van der Waals surface area contributed by atoms with Gasteiger partial charge >= 0.3 is 12.2 Å². The molecule has 12 heteroatoms. The molecular weight excluding hydrogens is 529 g/mol. The molecule has 4 rings (SSSR count). The van der Waals surface area contributed by atoms with Gasteiger partial charge in [0.15, 0.2) is 0 Å². The Morgan fingerprint density at radius 2 is 1.57 bits per heavy atom. The van der Waals surface area contributed by atoms with Gasteiger partial charge in [-0.05, 0) is 42.4 Å². The summed E-state index contributed by atoms with van der Waals surface area (Å²) < 4.78 is 63.9. The van der Waals surface area contributed by atoms with Crippen molar-refractivity contribution >= 4 is 27.7 Å². The first-order valence-electron chi connectivity index (χ1n) is 11.9. The van der Waals surface area contributed by atoms with E-state index in [4.69, 9.17) is 11.6 Å². The molecule has 0 aromatic heterocycles. The Labute approximate surface area is 220 Å². The van der Waals surface area contributed by atoms with E-state index in [-0.39, 0.29) is 31.1 Å². The highest BCUT2D eigenvalue weighted by molar-refractivity contribution is 7.88. The largest absolute Gasteiger partial charge is 0.416 e. The fourth-order valence-corrected chi connectivity index (χ4v) is 5.99. The van der Waals surface area contributed by atoms with Crippen LogP contribution in [0.2, 0.25) is 5.02 Å². The number of carbonyl (C=O) groups excluding carboxylic acids is 1. The van der Waals surface area contributed by atoms with Crippen LogP contribution in [-0.2, 0) is 22.7 Å². The van der Waals surface area contributed by atoms with Gasteiger partial charge in [-0.1, -0.05) is 35.9 Å². The third-order valence-corrected chi connectivity index (χ3v) is 8.67. The summed E-state index contributed by atoms with van der Waals surface area (Å²) in [5, 5.41) is 0.605. The van der Waals surface area contributed by atoms with E-state index in [1.807, 2.05) is 19.2 Å². The number of carbonyl (C=O) groups is 1. The standard InChI is InChI=1S/C25H30ClF3N4O3S/c1-30(15-18-3-7-20(8-4-18)25(27,28)29)23-17-32(16-22(23)19-5-9-21(26)10-6-19)24(34)31-11-13-33(14-12-31)37(2,35)36/h3-10,22-23H,11-17H2,1-2H3/t22-,23-/m1/s1. The maximum absolute atomic E-state index is 13.4. The van der Waals surface area contributed by atoms with Gasteiger partial charge in [0, 0.05) is 62.8 Å². The second kappa shape index (κ2) is 10.8. The number of likely N-dealkylation sites (tertiary alicyclic amines) is 1. The first-order valence-corrected chi connectivity index (χ1v) is 14.2. The van der Waals surface area contributed by atoms with Gasteiger partial charge in [0.25, 0.3) is 0 Å². The molecule has 2 atom stereocenters. The zero-order chi connectivity index (χ0) is 27.0. The van der Waals surface area contributed by atoms with Crippen LogP contribution < -0.4 is 0 Å². The molecule has 2 aromatic rings. The van der Waals surface area contributed by atoms with Crippen LogP contribution in [0.3, 0.4) is 0 Å². The second-order valence-corrected chi connectivity index (χ2v) is 12.1. The van der Waals surface area contributed by atoms with Crippen LogP contribution in [0, 0.1) is 0 Å². The molecule has 2 aromatic carbocycles. The summed E-state index contributed by atoms with van der Waals surface area (Å²) in [6.45, 7) is 2.49. The molecule has 0 radical (unpaired) electrons. The summed E-state index contributed by atoms with van der Waals surface area (Å²) in [5.41, 5.74) is 1.07. The maximum Gasteiger partial charge on any atom is 0.416 e. The Hall–Kier alpha value is -2.34. The monoisotopic (exact) mass is 558 g/mol. The van der Waals surface area contributed by atoms with Gasteiger partial charge in [0.1, 0.15) is 0 Å². The highest BCUT2D eigenvalue weighted by Crippen LogP contribution is 2.34. The third kappa shape index (κ3) is 6.57. The molecule has 0 unspecified atom stereocenters. The lowest BCUT2D eigenvalue weighted by molar-refractivity contribution is -0.137. The van der Waals surface area contributed by atoms with Gasteiger partial charge in [-0.25, -0.2) is 13.2 Å². The molecule has 2 heterocycles. The number of benzene rings is 2. The second-order valence-electron chi connectivity index (χ2n) is 9.67. The molecule has 0 aliphatic carbocycles. The summed E-state index contributed by atoms with van der Waals surface area (Å²) >= 11 is 6.09. The van der Waals surface area contributed by atoms with Crippen LogP contribution in [-0.4, -0.2) is 92.1 Å². The lowest BCUT2D eigenvalue weighted by Crippen LogP contribution is -2.53. The van der Waals surface area contributed by atoms with Crippen LogP contribution in [0.25, 0.3) is 0 Å². The molecule has 0 saturated carbocycles. The average Bonchev–Trinajstić information content (AvgIpc) is 3.29. The number of nitrogens with zero attached hydrogens (tertiary/aromatic N) is 4. The highest BCUT2D eigenvalue weighted by atomic mass is 35.5. The zero-order valence-electron chi connectivity index (χ0n) is 20.7. The molecule has 2 aliphatic rings. The van der Waals surface area contributed by atoms with E-state index < -0.39 is 21.8 Å². The highest BCUT2D eigenvalue weighted by Gasteiger charge is 2.40. The molecule has 0 spiro atoms. The molecule has 202 valence electrons. The zero-order valence-corrected chi connectivity index (χ0v) is 22.2. The molecule has 2 amide bonds. The lowest BCUT2D eigenvalue weighted by atomic mass is 9.93. The minimum Gasteiger partial charge on any atom is -0.322 e. The Morgan fingerprint density at radius 3 is 2.11 bits per heavy atom. The van der Waals surface area contributed by atoms with Gasteiger partial charge in [-0.3, -0.25) is 4.90 Å². The fraction of sp³-hybridized carbons (Fsp3) is 0.480. The van der Waals surface area contributed by atoms with E-state index in [9.17, 15) is 26.4 Å². The van der Waals surface area contributed by atoms with E-state index in [1.54, 1.807) is 21.9 Å². The van der Waals surface area contributed by atoms with Gasteiger partial charge in [-0.2, -0.15) is 17.5 Å². The predicted octanol–water partition coefficient (Wildman–Crippen LogP) is 3.96. The van der Waals surface area contributed by atoms with Crippen molar-refractivity contribution in [1.82, 2.24) is 19.0 Å². The predicted molar refractivity (Wildman–Crippen MR) is 136 cm³/mol. The smallest absolute Gasteiger partial charge is 0.322 e. The summed E-state index contributed by atoms with van der Waals surface area (Å²) in [6.07, 6.45) is -3.22. The van der Waals surface area contributed by atoms with E-state index in [1.165, 1.54) is 22.7 Å². The number of alkyl halides is 3. The van der Waals surface area contributed by atoms with E-state index in [0.29, 0.717) is 37.7 Å².